The topological polar surface area (TPSA) is 67.2 Å². The van der Waals surface area contributed by atoms with Crippen LogP contribution in [0.4, 0.5) is 0 Å². The first-order chi connectivity index (χ1) is 7.99. The van der Waals surface area contributed by atoms with Gasteiger partial charge in [0.25, 0.3) is 0 Å². The number of likely N-dealkylation sites (N-methyl/N-ethyl adjacent to an activating group) is 1. The van der Waals surface area contributed by atoms with Gasteiger partial charge < -0.3 is 5.32 Å². The number of likely N-dealkylation sites (tertiary alicyclic amines) is 1. The van der Waals surface area contributed by atoms with E-state index >= 15 is 0 Å². The molecular formula is C11H16N4O2. The van der Waals surface area contributed by atoms with Crippen molar-refractivity contribution in [3.63, 3.8) is 0 Å². The fourth-order valence-electron chi connectivity index (χ4n) is 1.97. The summed E-state index contributed by atoms with van der Waals surface area (Å²) in [5.74, 6) is -0.285. The second-order valence-corrected chi connectivity index (χ2v) is 4.34. The Balaban J connectivity index is 1.98. The number of imide groups is 1. The van der Waals surface area contributed by atoms with Crippen LogP contribution in [0.1, 0.15) is 17.7 Å². The van der Waals surface area contributed by atoms with Gasteiger partial charge in [0, 0.05) is 32.4 Å². The lowest BCUT2D eigenvalue weighted by Crippen LogP contribution is -2.36. The summed E-state index contributed by atoms with van der Waals surface area (Å²) in [6, 6.07) is -0.396. The van der Waals surface area contributed by atoms with Crippen LogP contribution in [0.2, 0.25) is 0 Å². The second kappa shape index (κ2) is 4.29. The van der Waals surface area contributed by atoms with Crippen molar-refractivity contribution >= 4 is 11.8 Å². The smallest absolute Gasteiger partial charge is 0.246 e. The van der Waals surface area contributed by atoms with Gasteiger partial charge in [0.05, 0.1) is 18.2 Å². The van der Waals surface area contributed by atoms with E-state index < -0.39 is 6.04 Å². The van der Waals surface area contributed by atoms with Gasteiger partial charge in [0.15, 0.2) is 0 Å². The number of aryl methyl sites for hydroxylation is 2. The highest BCUT2D eigenvalue weighted by molar-refractivity contribution is 6.05. The zero-order valence-electron chi connectivity index (χ0n) is 10.2. The minimum absolute atomic E-state index is 0.129. The molecule has 92 valence electrons. The molecule has 0 saturated carbocycles. The third kappa shape index (κ3) is 2.21. The van der Waals surface area contributed by atoms with Crippen molar-refractivity contribution in [2.45, 2.75) is 25.9 Å². The van der Waals surface area contributed by atoms with Crippen LogP contribution in [0.15, 0.2) is 6.20 Å². The van der Waals surface area contributed by atoms with Crippen molar-refractivity contribution < 1.29 is 9.59 Å². The number of nitrogens with one attached hydrogen (secondary N) is 1. The highest BCUT2D eigenvalue weighted by atomic mass is 16.2. The standard InChI is InChI=1S/C11H16N4O2/c1-7-8(6-14(2)13-7)5-12-9-4-10(16)15(3)11(9)17/h6,9,12H,4-5H2,1-3H3. The van der Waals surface area contributed by atoms with Crippen molar-refractivity contribution in [2.24, 2.45) is 7.05 Å². The van der Waals surface area contributed by atoms with Crippen molar-refractivity contribution in [3.8, 4) is 0 Å². The zero-order chi connectivity index (χ0) is 12.6. The summed E-state index contributed by atoms with van der Waals surface area (Å²) in [5, 5.41) is 7.32. The average molecular weight is 236 g/mol. The van der Waals surface area contributed by atoms with E-state index in [-0.39, 0.29) is 18.2 Å². The maximum absolute atomic E-state index is 11.6. The number of carbonyl (C=O) groups excluding carboxylic acids is 2. The Labute approximate surface area is 99.6 Å². The van der Waals surface area contributed by atoms with Crippen LogP contribution < -0.4 is 5.32 Å². The third-order valence-corrected chi connectivity index (χ3v) is 3.04. The maximum Gasteiger partial charge on any atom is 0.246 e. The molecule has 0 aromatic carbocycles. The van der Waals surface area contributed by atoms with Crippen molar-refractivity contribution in [2.75, 3.05) is 7.05 Å². The third-order valence-electron chi connectivity index (χ3n) is 3.04. The Morgan fingerprint density at radius 1 is 1.47 bits per heavy atom. The van der Waals surface area contributed by atoms with Crippen LogP contribution in [0.25, 0.3) is 0 Å². The molecule has 1 aromatic rings. The molecule has 2 rings (SSSR count). The van der Waals surface area contributed by atoms with Crippen molar-refractivity contribution in [1.29, 1.82) is 0 Å². The minimum Gasteiger partial charge on any atom is -0.301 e. The number of nitrogens with zero attached hydrogens (tertiary/aromatic N) is 3. The SMILES string of the molecule is Cc1nn(C)cc1CNC1CC(=O)N(C)C1=O. The van der Waals surface area contributed by atoms with E-state index in [0.29, 0.717) is 6.54 Å². The fraction of sp³-hybridized carbons (Fsp3) is 0.545. The summed E-state index contributed by atoms with van der Waals surface area (Å²) in [5.41, 5.74) is 1.98. The molecule has 17 heavy (non-hydrogen) atoms. The van der Waals surface area contributed by atoms with Crippen LogP contribution in [0.5, 0.6) is 0 Å². The van der Waals surface area contributed by atoms with E-state index in [0.717, 1.165) is 11.3 Å². The average Bonchev–Trinajstić information content (AvgIpc) is 2.71. The van der Waals surface area contributed by atoms with Gasteiger partial charge >= 0.3 is 0 Å². The molecule has 1 aliphatic rings. The number of amides is 2. The number of aromatic nitrogens is 2. The van der Waals surface area contributed by atoms with Crippen molar-refractivity contribution in [3.05, 3.63) is 17.5 Å². The van der Waals surface area contributed by atoms with Crippen molar-refractivity contribution in [1.82, 2.24) is 20.0 Å². The van der Waals surface area contributed by atoms with E-state index in [4.69, 9.17) is 0 Å². The first kappa shape index (κ1) is 11.8. The van der Waals surface area contributed by atoms with Gasteiger partial charge in [0.1, 0.15) is 0 Å². The number of hydrogen-bond acceptors (Lipinski definition) is 4. The molecule has 0 aliphatic carbocycles. The Kier molecular flexibility index (Phi) is 2.97. The lowest BCUT2D eigenvalue weighted by atomic mass is 10.2. The molecule has 1 N–H and O–H groups in total. The highest BCUT2D eigenvalue weighted by Gasteiger charge is 2.35. The van der Waals surface area contributed by atoms with Gasteiger partial charge in [-0.05, 0) is 6.92 Å². The monoisotopic (exact) mass is 236 g/mol. The number of hydrogen-bond donors (Lipinski definition) is 1. The largest absolute Gasteiger partial charge is 0.301 e. The summed E-state index contributed by atoms with van der Waals surface area (Å²) < 4.78 is 1.74. The summed E-state index contributed by atoms with van der Waals surface area (Å²) in [6.07, 6.45) is 2.15. The van der Waals surface area contributed by atoms with E-state index in [1.807, 2.05) is 20.2 Å². The first-order valence-electron chi connectivity index (χ1n) is 5.52. The van der Waals surface area contributed by atoms with E-state index in [2.05, 4.69) is 10.4 Å². The molecule has 0 spiro atoms. The van der Waals surface area contributed by atoms with Gasteiger partial charge in [-0.2, -0.15) is 5.10 Å². The van der Waals surface area contributed by atoms with E-state index in [1.165, 1.54) is 11.9 Å². The second-order valence-electron chi connectivity index (χ2n) is 4.34. The van der Waals surface area contributed by atoms with Crippen LogP contribution >= 0.6 is 0 Å². The van der Waals surface area contributed by atoms with Gasteiger partial charge in [-0.3, -0.25) is 19.2 Å². The Bertz CT molecular complexity index is 466. The van der Waals surface area contributed by atoms with Crippen LogP contribution in [0.3, 0.4) is 0 Å². The highest BCUT2D eigenvalue weighted by Crippen LogP contribution is 2.12. The molecule has 1 aromatic heterocycles. The number of carbonyl (C=O) groups is 2. The molecular weight excluding hydrogens is 220 g/mol. The normalized spacial score (nSPS) is 20.4. The molecule has 0 bridgehead atoms. The lowest BCUT2D eigenvalue weighted by molar-refractivity contribution is -0.137. The predicted molar refractivity (Wildman–Crippen MR) is 61.0 cm³/mol. The lowest BCUT2D eigenvalue weighted by Gasteiger charge is -2.10. The van der Waals surface area contributed by atoms with Crippen LogP contribution in [-0.4, -0.2) is 39.6 Å². The summed E-state index contributed by atoms with van der Waals surface area (Å²) in [4.78, 5) is 24.1. The molecule has 6 nitrogen and oxygen atoms in total. The first-order valence-corrected chi connectivity index (χ1v) is 5.52. The Morgan fingerprint density at radius 3 is 2.65 bits per heavy atom. The summed E-state index contributed by atoms with van der Waals surface area (Å²) >= 11 is 0. The Hall–Kier alpha value is -1.69. The molecule has 0 radical (unpaired) electrons. The number of rotatable bonds is 3. The van der Waals surface area contributed by atoms with E-state index in [1.54, 1.807) is 4.68 Å². The molecule has 1 fully saturated rings. The molecule has 1 atom stereocenters. The molecule has 1 saturated heterocycles. The van der Waals surface area contributed by atoms with Gasteiger partial charge in [0.2, 0.25) is 11.8 Å². The molecule has 2 heterocycles. The molecule has 1 aliphatic heterocycles. The fourth-order valence-corrected chi connectivity index (χ4v) is 1.97. The summed E-state index contributed by atoms with van der Waals surface area (Å²) in [7, 11) is 3.37. The Morgan fingerprint density at radius 2 is 2.18 bits per heavy atom. The van der Waals surface area contributed by atoms with Crippen LogP contribution in [-0.2, 0) is 23.2 Å². The molecule has 6 heteroatoms. The van der Waals surface area contributed by atoms with Gasteiger partial charge in [-0.15, -0.1) is 0 Å². The quantitative estimate of drug-likeness (QED) is 0.723. The molecule has 1 unspecified atom stereocenters. The van der Waals surface area contributed by atoms with Crippen LogP contribution in [0, 0.1) is 6.92 Å². The van der Waals surface area contributed by atoms with E-state index in [9.17, 15) is 9.59 Å². The maximum atomic E-state index is 11.6. The van der Waals surface area contributed by atoms with Gasteiger partial charge in [-0.25, -0.2) is 0 Å². The minimum atomic E-state index is -0.396. The predicted octanol–water partition coefficient (Wildman–Crippen LogP) is -0.425. The zero-order valence-corrected chi connectivity index (χ0v) is 10.2. The summed E-state index contributed by atoms with van der Waals surface area (Å²) in [6.45, 7) is 2.47. The van der Waals surface area contributed by atoms with Gasteiger partial charge in [-0.1, -0.05) is 0 Å². The molecule has 2 amide bonds.